The molecule has 0 bridgehead atoms. The van der Waals surface area contributed by atoms with Crippen molar-refractivity contribution in [1.82, 2.24) is 14.8 Å². The van der Waals surface area contributed by atoms with Crippen molar-refractivity contribution in [2.45, 2.75) is 32.5 Å². The Balaban J connectivity index is 1.44. The number of carbonyl (C=O) groups is 2. The summed E-state index contributed by atoms with van der Waals surface area (Å²) in [5, 5.41) is 20.6. The lowest BCUT2D eigenvalue weighted by molar-refractivity contribution is 0.0240. The van der Waals surface area contributed by atoms with Gasteiger partial charge in [0.05, 0.1) is 28.8 Å². The summed E-state index contributed by atoms with van der Waals surface area (Å²) in [4.78, 5) is 35.1. The van der Waals surface area contributed by atoms with Gasteiger partial charge in [-0.05, 0) is 50.1 Å². The van der Waals surface area contributed by atoms with Gasteiger partial charge in [0, 0.05) is 45.0 Å². The number of pyridine rings is 1. The van der Waals surface area contributed by atoms with Gasteiger partial charge in [0.25, 0.3) is 5.91 Å². The molecular formula is C31H34ClN5O4. The molecule has 4 rings (SSSR count). The highest BCUT2D eigenvalue weighted by molar-refractivity contribution is 6.34. The Bertz CT molecular complexity index is 1440. The number of carbonyl (C=O) groups excluding carboxylic acids is 2. The molecule has 2 amide bonds. The van der Waals surface area contributed by atoms with E-state index in [-0.39, 0.29) is 23.6 Å². The van der Waals surface area contributed by atoms with Crippen LogP contribution in [0.3, 0.4) is 0 Å². The van der Waals surface area contributed by atoms with Crippen LogP contribution in [0.15, 0.2) is 60.8 Å². The van der Waals surface area contributed by atoms with Crippen LogP contribution in [0.5, 0.6) is 0 Å². The Morgan fingerprint density at radius 2 is 1.78 bits per heavy atom. The van der Waals surface area contributed by atoms with Gasteiger partial charge in [0.15, 0.2) is 0 Å². The molecule has 9 nitrogen and oxygen atoms in total. The van der Waals surface area contributed by atoms with E-state index in [0.717, 1.165) is 5.56 Å². The molecule has 0 saturated carbocycles. The number of rotatable bonds is 6. The summed E-state index contributed by atoms with van der Waals surface area (Å²) in [5.74, 6) is 0.241. The zero-order valence-electron chi connectivity index (χ0n) is 23.7. The molecule has 1 N–H and O–H groups in total. The highest BCUT2D eigenvalue weighted by atomic mass is 35.5. The predicted octanol–water partition coefficient (Wildman–Crippen LogP) is 5.14. The number of piperazine rings is 1. The van der Waals surface area contributed by atoms with Crippen LogP contribution in [0.2, 0.25) is 5.02 Å². The van der Waals surface area contributed by atoms with Gasteiger partial charge in [0.2, 0.25) is 0 Å². The summed E-state index contributed by atoms with van der Waals surface area (Å²) in [7, 11) is 1.62. The van der Waals surface area contributed by atoms with Gasteiger partial charge in [-0.25, -0.2) is 9.78 Å². The van der Waals surface area contributed by atoms with Crippen LogP contribution < -0.4 is 4.90 Å². The van der Waals surface area contributed by atoms with Crippen LogP contribution in [-0.4, -0.2) is 77.3 Å². The molecule has 1 atom stereocenters. The maximum absolute atomic E-state index is 13.1. The Morgan fingerprint density at radius 1 is 1.10 bits per heavy atom. The third-order valence-corrected chi connectivity index (χ3v) is 7.04. The molecule has 1 saturated heterocycles. The van der Waals surface area contributed by atoms with Crippen LogP contribution in [0, 0.1) is 11.3 Å². The fourth-order valence-electron chi connectivity index (χ4n) is 4.57. The van der Waals surface area contributed by atoms with Gasteiger partial charge in [-0.1, -0.05) is 48.0 Å². The van der Waals surface area contributed by atoms with Crippen molar-refractivity contribution in [2.24, 2.45) is 0 Å². The third-order valence-electron chi connectivity index (χ3n) is 6.73. The van der Waals surface area contributed by atoms with E-state index in [9.17, 15) is 20.0 Å². The zero-order valence-corrected chi connectivity index (χ0v) is 24.4. The number of likely N-dealkylation sites (N-methyl/N-ethyl adjacent to an activating group) is 1. The fourth-order valence-corrected chi connectivity index (χ4v) is 4.84. The van der Waals surface area contributed by atoms with Gasteiger partial charge in [-0.2, -0.15) is 5.26 Å². The van der Waals surface area contributed by atoms with E-state index < -0.39 is 11.7 Å². The minimum atomic E-state index is -0.822. The van der Waals surface area contributed by atoms with Gasteiger partial charge < -0.3 is 24.5 Å². The Hall–Kier alpha value is -4.13. The summed E-state index contributed by atoms with van der Waals surface area (Å²) in [6.07, 6.45) is 0.502. The highest BCUT2D eigenvalue weighted by Crippen LogP contribution is 2.30. The minimum absolute atomic E-state index is 0.115. The van der Waals surface area contributed by atoms with Crippen molar-refractivity contribution in [3.8, 4) is 17.2 Å². The average molecular weight is 576 g/mol. The lowest BCUT2D eigenvalue weighted by Gasteiger charge is -2.36. The van der Waals surface area contributed by atoms with Crippen molar-refractivity contribution in [3.05, 3.63) is 82.5 Å². The van der Waals surface area contributed by atoms with E-state index in [1.807, 2.05) is 56.0 Å². The number of anilines is 1. The minimum Gasteiger partial charge on any atom is -0.444 e. The maximum atomic E-state index is 13.1. The number of nitriles is 1. The number of amides is 2. The molecule has 0 spiro atoms. The Morgan fingerprint density at radius 3 is 2.39 bits per heavy atom. The lowest BCUT2D eigenvalue weighted by Crippen LogP contribution is -2.50. The SMILES string of the molecule is CN(CC(O)c1ccccc1)C(=O)c1ccc(-c2cnc(N3CCN(C(=O)OC(C)(C)C)CC3)c(C#N)c2)cc1Cl. The first-order chi connectivity index (χ1) is 19.5. The summed E-state index contributed by atoms with van der Waals surface area (Å²) in [5.41, 5.74) is 2.28. The van der Waals surface area contributed by atoms with Gasteiger partial charge in [-0.3, -0.25) is 4.79 Å². The lowest BCUT2D eigenvalue weighted by atomic mass is 10.0. The van der Waals surface area contributed by atoms with Gasteiger partial charge >= 0.3 is 6.09 Å². The second-order valence-corrected chi connectivity index (χ2v) is 11.4. The first kappa shape index (κ1) is 29.8. The average Bonchev–Trinajstić information content (AvgIpc) is 2.96. The molecule has 10 heteroatoms. The van der Waals surface area contributed by atoms with Crippen LogP contribution in [0.25, 0.3) is 11.1 Å². The molecule has 214 valence electrons. The van der Waals surface area contributed by atoms with Gasteiger partial charge in [0.1, 0.15) is 17.5 Å². The number of ether oxygens (including phenoxy) is 1. The summed E-state index contributed by atoms with van der Waals surface area (Å²) in [6, 6.07) is 18.2. The summed E-state index contributed by atoms with van der Waals surface area (Å²) in [6.45, 7) is 7.59. The number of aromatic nitrogens is 1. The van der Waals surface area contributed by atoms with Gasteiger partial charge in [-0.15, -0.1) is 0 Å². The second-order valence-electron chi connectivity index (χ2n) is 11.0. The number of aliphatic hydroxyl groups is 1. The van der Waals surface area contributed by atoms with Crippen LogP contribution >= 0.6 is 11.6 Å². The van der Waals surface area contributed by atoms with Crippen molar-refractivity contribution >= 4 is 29.4 Å². The number of nitrogens with zero attached hydrogens (tertiary/aromatic N) is 5. The van der Waals surface area contributed by atoms with Crippen molar-refractivity contribution < 1.29 is 19.4 Å². The quantitative estimate of drug-likeness (QED) is 0.433. The monoisotopic (exact) mass is 575 g/mol. The second kappa shape index (κ2) is 12.6. The molecule has 3 aromatic rings. The Labute approximate surface area is 245 Å². The van der Waals surface area contributed by atoms with Crippen LogP contribution in [0.4, 0.5) is 10.6 Å². The number of benzene rings is 2. The number of hydrogen-bond acceptors (Lipinski definition) is 7. The number of hydrogen-bond donors (Lipinski definition) is 1. The standard InChI is InChI=1S/C31H34ClN5O4/c1-31(2,3)41-30(40)37-14-12-36(13-15-37)28-23(18-33)16-24(19-34-28)22-10-11-25(26(32)17-22)29(39)35(4)20-27(38)21-8-6-5-7-9-21/h5-11,16-17,19,27,38H,12-15,20H2,1-4H3. The van der Waals surface area contributed by atoms with Crippen LogP contribution in [0.1, 0.15) is 48.4 Å². The Kier molecular flexibility index (Phi) is 9.16. The molecule has 2 aromatic carbocycles. The molecule has 1 aliphatic heterocycles. The number of aliphatic hydroxyl groups excluding tert-OH is 1. The van der Waals surface area contributed by atoms with Crippen molar-refractivity contribution in [1.29, 1.82) is 5.26 Å². The largest absolute Gasteiger partial charge is 0.444 e. The molecular weight excluding hydrogens is 542 g/mol. The van der Waals surface area contributed by atoms with E-state index in [1.54, 1.807) is 42.4 Å². The van der Waals surface area contributed by atoms with E-state index in [1.165, 1.54) is 4.90 Å². The normalized spacial score (nSPS) is 14.3. The first-order valence-corrected chi connectivity index (χ1v) is 13.8. The van der Waals surface area contributed by atoms with E-state index >= 15 is 0 Å². The van der Waals surface area contributed by atoms with Crippen LogP contribution in [-0.2, 0) is 4.74 Å². The fraction of sp³-hybridized carbons (Fsp3) is 0.355. The van der Waals surface area contributed by atoms with Crippen molar-refractivity contribution in [2.75, 3.05) is 44.7 Å². The molecule has 0 radical (unpaired) electrons. The van der Waals surface area contributed by atoms with Crippen molar-refractivity contribution in [3.63, 3.8) is 0 Å². The number of halogens is 1. The van der Waals surface area contributed by atoms with E-state index in [4.69, 9.17) is 16.3 Å². The molecule has 2 heterocycles. The zero-order chi connectivity index (χ0) is 29.7. The third kappa shape index (κ3) is 7.34. The molecule has 0 aliphatic carbocycles. The van der Waals surface area contributed by atoms with E-state index in [0.29, 0.717) is 54.3 Å². The molecule has 1 unspecified atom stereocenters. The molecule has 41 heavy (non-hydrogen) atoms. The van der Waals surface area contributed by atoms with E-state index in [2.05, 4.69) is 11.1 Å². The summed E-state index contributed by atoms with van der Waals surface area (Å²) < 4.78 is 5.46. The summed E-state index contributed by atoms with van der Waals surface area (Å²) >= 11 is 6.53. The molecule has 1 aromatic heterocycles. The molecule has 1 fully saturated rings. The highest BCUT2D eigenvalue weighted by Gasteiger charge is 2.27. The molecule has 1 aliphatic rings. The first-order valence-electron chi connectivity index (χ1n) is 13.4. The topological polar surface area (TPSA) is 110 Å². The maximum Gasteiger partial charge on any atom is 0.410 e. The smallest absolute Gasteiger partial charge is 0.410 e. The predicted molar refractivity (Wildman–Crippen MR) is 158 cm³/mol.